The Balaban J connectivity index is 0.000000246. The predicted molar refractivity (Wildman–Crippen MR) is 218 cm³/mol. The molecule has 6 aromatic rings. The number of fused-ring (bicyclic) bond motifs is 1. The average molecular weight is 823 g/mol. The second-order valence-corrected chi connectivity index (χ2v) is 15.0. The molecule has 59 heavy (non-hydrogen) atoms. The molecule has 0 saturated heterocycles. The van der Waals surface area contributed by atoms with Crippen LogP contribution in [0, 0.1) is 6.92 Å². The van der Waals surface area contributed by atoms with Gasteiger partial charge >= 0.3 is 17.9 Å². The molecule has 3 aromatic carbocycles. The number of benzene rings is 3. The van der Waals surface area contributed by atoms with Crippen molar-refractivity contribution in [1.29, 1.82) is 0 Å². The van der Waals surface area contributed by atoms with Crippen molar-refractivity contribution in [3.63, 3.8) is 0 Å². The largest absolute Gasteiger partial charge is 0.505 e. The first kappa shape index (κ1) is 43.2. The van der Waals surface area contributed by atoms with Gasteiger partial charge in [-0.2, -0.15) is 4.31 Å². The van der Waals surface area contributed by atoms with Crippen LogP contribution >= 0.6 is 0 Å². The number of hydrogen-bond donors (Lipinski definition) is 1. The summed E-state index contributed by atoms with van der Waals surface area (Å²) >= 11 is 0. The van der Waals surface area contributed by atoms with Gasteiger partial charge in [0.1, 0.15) is 12.1 Å². The smallest absolute Gasteiger partial charge is 0.360 e. The monoisotopic (exact) mass is 822 g/mol. The lowest BCUT2D eigenvalue weighted by molar-refractivity contribution is -0.140. The molecule has 15 nitrogen and oxygen atoms in total. The van der Waals surface area contributed by atoms with E-state index in [1.54, 1.807) is 31.3 Å². The molecule has 0 saturated carbocycles. The molecular weight excluding hydrogens is 781 g/mol. The van der Waals surface area contributed by atoms with Crippen LogP contribution in [0.4, 0.5) is 0 Å². The number of aromatic hydroxyl groups is 1. The van der Waals surface area contributed by atoms with Crippen molar-refractivity contribution < 1.29 is 42.1 Å². The molecule has 306 valence electrons. The van der Waals surface area contributed by atoms with Gasteiger partial charge in [-0.1, -0.05) is 78.4 Å². The van der Waals surface area contributed by atoms with Crippen LogP contribution in [0.25, 0.3) is 10.8 Å². The number of nitrogens with zero attached hydrogens (tertiary/aromatic N) is 4. The molecule has 3 aromatic heterocycles. The minimum atomic E-state index is -4.18. The molecule has 0 atom stereocenters. The van der Waals surface area contributed by atoms with E-state index in [4.69, 9.17) is 9.47 Å². The van der Waals surface area contributed by atoms with E-state index in [2.05, 4.69) is 9.72 Å². The molecule has 0 radical (unpaired) electrons. The summed E-state index contributed by atoms with van der Waals surface area (Å²) in [6.45, 7) is 3.00. The second-order valence-electron chi connectivity index (χ2n) is 13.0. The summed E-state index contributed by atoms with van der Waals surface area (Å²) < 4.78 is 44.9. The fraction of sp³-hybridized carbons (Fsp3) is 0.209. The van der Waals surface area contributed by atoms with Crippen molar-refractivity contribution in [1.82, 2.24) is 18.4 Å². The summed E-state index contributed by atoms with van der Waals surface area (Å²) in [5, 5.41) is 10.8. The molecule has 16 heteroatoms. The highest BCUT2D eigenvalue weighted by Crippen LogP contribution is 2.25. The Bertz CT molecular complexity index is 2680. The lowest BCUT2D eigenvalue weighted by Crippen LogP contribution is -2.38. The highest BCUT2D eigenvalue weighted by molar-refractivity contribution is 7.89. The number of rotatable bonds is 13. The van der Waals surface area contributed by atoms with Gasteiger partial charge in [0.2, 0.25) is 10.0 Å². The van der Waals surface area contributed by atoms with E-state index >= 15 is 0 Å². The SMILES string of the molecule is CCOC(=O)c1c(CN(CC(=O)OC)S(=O)(=O)c2ccc(C)cc2)ccn(Cc2ccccc2)c1=O.COC(=O)c1ncc2ccn(Cc3ccccc3)c(=O)c2c1O. The Kier molecular flexibility index (Phi) is 14.3. The number of aryl methyl sites for hydroxylation is 1. The quantitative estimate of drug-likeness (QED) is 0.125. The number of carbonyl (C=O) groups is 3. The van der Waals surface area contributed by atoms with Crippen LogP contribution < -0.4 is 11.1 Å². The van der Waals surface area contributed by atoms with Crippen LogP contribution in [0.3, 0.4) is 0 Å². The van der Waals surface area contributed by atoms with Crippen molar-refractivity contribution >= 4 is 38.7 Å². The normalized spacial score (nSPS) is 11.1. The maximum Gasteiger partial charge on any atom is 0.360 e. The van der Waals surface area contributed by atoms with Gasteiger partial charge in [0.05, 0.1) is 44.2 Å². The molecule has 3 heterocycles. The molecule has 0 aliphatic rings. The van der Waals surface area contributed by atoms with Crippen molar-refractivity contribution in [2.24, 2.45) is 0 Å². The van der Waals surface area contributed by atoms with E-state index in [1.165, 1.54) is 46.8 Å². The summed E-state index contributed by atoms with van der Waals surface area (Å²) in [5.74, 6) is -2.91. The second kappa shape index (κ2) is 19.5. The third-order valence-corrected chi connectivity index (χ3v) is 10.8. The molecule has 0 fully saturated rings. The number of aromatic nitrogens is 3. The maximum atomic E-state index is 13.4. The highest BCUT2D eigenvalue weighted by atomic mass is 32.2. The number of hydrogen-bond acceptors (Lipinski definition) is 12. The number of carbonyl (C=O) groups excluding carboxylic acids is 3. The van der Waals surface area contributed by atoms with Crippen LogP contribution in [0.1, 0.15) is 50.0 Å². The Hall–Kier alpha value is -6.91. The Morgan fingerprint density at radius 2 is 1.34 bits per heavy atom. The number of ether oxygens (including phenoxy) is 3. The van der Waals surface area contributed by atoms with Gasteiger partial charge in [-0.05, 0) is 54.8 Å². The first-order chi connectivity index (χ1) is 28.3. The van der Waals surface area contributed by atoms with E-state index < -0.39 is 57.9 Å². The molecule has 0 amide bonds. The highest BCUT2D eigenvalue weighted by Gasteiger charge is 2.30. The van der Waals surface area contributed by atoms with Crippen LogP contribution in [0.5, 0.6) is 5.75 Å². The molecule has 1 N–H and O–H groups in total. The zero-order valence-electron chi connectivity index (χ0n) is 32.7. The van der Waals surface area contributed by atoms with Gasteiger partial charge in [0.15, 0.2) is 11.4 Å². The average Bonchev–Trinajstić information content (AvgIpc) is 3.23. The van der Waals surface area contributed by atoms with E-state index in [-0.39, 0.29) is 40.3 Å². The van der Waals surface area contributed by atoms with Crippen LogP contribution in [-0.2, 0) is 48.7 Å². The van der Waals surface area contributed by atoms with Crippen LogP contribution in [0.2, 0.25) is 0 Å². The minimum Gasteiger partial charge on any atom is -0.505 e. The van der Waals surface area contributed by atoms with Crippen LogP contribution in [0.15, 0.2) is 130 Å². The Morgan fingerprint density at radius 1 is 0.763 bits per heavy atom. The molecule has 0 unspecified atom stereocenters. The molecule has 0 spiro atoms. The fourth-order valence-corrected chi connectivity index (χ4v) is 7.31. The van der Waals surface area contributed by atoms with Crippen LogP contribution in [-0.4, -0.2) is 77.2 Å². The lowest BCUT2D eigenvalue weighted by Gasteiger charge is -2.22. The standard InChI is InChI=1S/C26H28N2O7S.C17H14N2O4/c1-4-35-26(31)24-21(14-15-27(25(24)30)16-20-8-6-5-7-9-20)17-28(18-23(29)34-3)36(32,33)22-12-10-19(2)11-13-22;1-23-17(22)14-15(20)13-12(9-18-14)7-8-19(16(13)21)10-11-5-3-2-4-6-11/h5-15H,4,16-18H2,1-3H3;2-9,20H,10H2,1H3. The summed E-state index contributed by atoms with van der Waals surface area (Å²) in [4.78, 5) is 66.3. The Morgan fingerprint density at radius 3 is 1.90 bits per heavy atom. The van der Waals surface area contributed by atoms with Gasteiger partial charge in [-0.15, -0.1) is 0 Å². The number of esters is 3. The number of methoxy groups -OCH3 is 2. The van der Waals surface area contributed by atoms with Gasteiger partial charge in [-0.3, -0.25) is 14.4 Å². The van der Waals surface area contributed by atoms with Gasteiger partial charge in [0.25, 0.3) is 11.1 Å². The molecule has 0 aliphatic carbocycles. The third kappa shape index (κ3) is 10.3. The van der Waals surface area contributed by atoms with E-state index in [9.17, 15) is 37.5 Å². The number of pyridine rings is 3. The maximum absolute atomic E-state index is 13.4. The van der Waals surface area contributed by atoms with E-state index in [0.29, 0.717) is 11.9 Å². The van der Waals surface area contributed by atoms with Crippen molar-refractivity contribution in [3.8, 4) is 5.75 Å². The topological polar surface area (TPSA) is 193 Å². The van der Waals surface area contributed by atoms with Gasteiger partial charge in [-0.25, -0.2) is 23.0 Å². The van der Waals surface area contributed by atoms with E-state index in [1.807, 2.05) is 67.6 Å². The van der Waals surface area contributed by atoms with E-state index in [0.717, 1.165) is 28.1 Å². The third-order valence-electron chi connectivity index (χ3n) is 9.03. The van der Waals surface area contributed by atoms with Gasteiger partial charge in [0, 0.05) is 30.5 Å². The first-order valence-electron chi connectivity index (χ1n) is 18.2. The number of sulfonamides is 1. The van der Waals surface area contributed by atoms with Crippen molar-refractivity contribution in [2.45, 2.75) is 38.4 Å². The summed E-state index contributed by atoms with van der Waals surface area (Å²) in [7, 11) is -1.84. The molecule has 0 aliphatic heterocycles. The minimum absolute atomic E-state index is 0.0266. The Labute approximate surface area is 339 Å². The molecular formula is C43H42N4O11S. The summed E-state index contributed by atoms with van der Waals surface area (Å²) in [6.07, 6.45) is 4.49. The first-order valence-corrected chi connectivity index (χ1v) is 19.6. The predicted octanol–water partition coefficient (Wildman–Crippen LogP) is 4.68. The lowest BCUT2D eigenvalue weighted by atomic mass is 10.1. The zero-order chi connectivity index (χ0) is 42.7. The molecule has 6 rings (SSSR count). The summed E-state index contributed by atoms with van der Waals surface area (Å²) in [6, 6.07) is 28.0. The summed E-state index contributed by atoms with van der Waals surface area (Å²) in [5.41, 5.74) is 1.20. The van der Waals surface area contributed by atoms with Crippen molar-refractivity contribution in [3.05, 3.63) is 170 Å². The van der Waals surface area contributed by atoms with Crippen molar-refractivity contribution in [2.75, 3.05) is 27.4 Å². The van der Waals surface area contributed by atoms with Gasteiger partial charge < -0.3 is 28.5 Å². The fourth-order valence-electron chi connectivity index (χ4n) is 5.95. The zero-order valence-corrected chi connectivity index (χ0v) is 33.5. The molecule has 0 bridgehead atoms.